The first kappa shape index (κ1) is 21.2. The number of aryl methyl sites for hydroxylation is 1. The van der Waals surface area contributed by atoms with Crippen molar-refractivity contribution in [2.24, 2.45) is 0 Å². The fraction of sp³-hybridized carbons (Fsp3) is 0.474. The lowest BCUT2D eigenvalue weighted by Crippen LogP contribution is -2.36. The summed E-state index contributed by atoms with van der Waals surface area (Å²) in [5.41, 5.74) is 0.525. The van der Waals surface area contributed by atoms with Crippen molar-refractivity contribution in [3.63, 3.8) is 0 Å². The Hall–Kier alpha value is -2.06. The van der Waals surface area contributed by atoms with Gasteiger partial charge in [0, 0.05) is 31.8 Å². The van der Waals surface area contributed by atoms with Gasteiger partial charge in [-0.3, -0.25) is 4.79 Å². The van der Waals surface area contributed by atoms with Crippen LogP contribution in [-0.2, 0) is 0 Å². The third-order valence-electron chi connectivity index (χ3n) is 4.46. The van der Waals surface area contributed by atoms with Crippen molar-refractivity contribution < 1.29 is 18.3 Å². The van der Waals surface area contributed by atoms with Crippen LogP contribution in [0.3, 0.4) is 0 Å². The average Bonchev–Trinajstić information content (AvgIpc) is 3.04. The van der Waals surface area contributed by atoms with Gasteiger partial charge in [-0.05, 0) is 26.1 Å². The number of benzene rings is 1. The molecule has 0 saturated heterocycles. The summed E-state index contributed by atoms with van der Waals surface area (Å²) in [4.78, 5) is 21.3. The SMILES string of the molecule is CCN(CC)CCN(C)C(=O)c1sc(-c2cc(F)c(OC)cc2F)nc1C. The van der Waals surface area contributed by atoms with Crippen LogP contribution in [0.5, 0.6) is 5.75 Å². The molecule has 0 aliphatic rings. The van der Waals surface area contributed by atoms with Crippen molar-refractivity contribution in [2.75, 3.05) is 40.3 Å². The van der Waals surface area contributed by atoms with E-state index >= 15 is 0 Å². The molecule has 0 aliphatic heterocycles. The van der Waals surface area contributed by atoms with E-state index in [0.717, 1.165) is 43.1 Å². The van der Waals surface area contributed by atoms with Crippen LogP contribution in [0.15, 0.2) is 12.1 Å². The summed E-state index contributed by atoms with van der Waals surface area (Å²) in [6.07, 6.45) is 0. The van der Waals surface area contributed by atoms with Gasteiger partial charge in [0.1, 0.15) is 15.7 Å². The highest BCUT2D eigenvalue weighted by molar-refractivity contribution is 7.17. The lowest BCUT2D eigenvalue weighted by atomic mass is 10.2. The van der Waals surface area contributed by atoms with Gasteiger partial charge in [-0.2, -0.15) is 0 Å². The maximum absolute atomic E-state index is 14.3. The lowest BCUT2D eigenvalue weighted by Gasteiger charge is -2.22. The lowest BCUT2D eigenvalue weighted by molar-refractivity contribution is 0.0783. The summed E-state index contributed by atoms with van der Waals surface area (Å²) >= 11 is 1.07. The minimum Gasteiger partial charge on any atom is -0.494 e. The van der Waals surface area contributed by atoms with Crippen molar-refractivity contribution in [1.82, 2.24) is 14.8 Å². The van der Waals surface area contributed by atoms with Crippen molar-refractivity contribution in [1.29, 1.82) is 0 Å². The molecule has 5 nitrogen and oxygen atoms in total. The number of ether oxygens (including phenoxy) is 1. The van der Waals surface area contributed by atoms with Gasteiger partial charge in [0.05, 0.1) is 12.8 Å². The maximum Gasteiger partial charge on any atom is 0.265 e. The topological polar surface area (TPSA) is 45.7 Å². The predicted molar refractivity (Wildman–Crippen MR) is 104 cm³/mol. The molecule has 0 radical (unpaired) electrons. The van der Waals surface area contributed by atoms with Gasteiger partial charge in [-0.15, -0.1) is 11.3 Å². The molecule has 0 atom stereocenters. The van der Waals surface area contributed by atoms with E-state index in [2.05, 4.69) is 23.7 Å². The number of carbonyl (C=O) groups excluding carboxylic acids is 1. The zero-order valence-corrected chi connectivity index (χ0v) is 17.1. The quantitative estimate of drug-likeness (QED) is 0.679. The highest BCUT2D eigenvalue weighted by Crippen LogP contribution is 2.33. The fourth-order valence-corrected chi connectivity index (χ4v) is 3.74. The van der Waals surface area contributed by atoms with E-state index in [1.54, 1.807) is 18.9 Å². The minimum absolute atomic E-state index is 0.0197. The number of thiazole rings is 1. The average molecular weight is 397 g/mol. The molecule has 0 bridgehead atoms. The van der Waals surface area contributed by atoms with E-state index in [0.29, 0.717) is 17.1 Å². The van der Waals surface area contributed by atoms with Crippen molar-refractivity contribution in [3.05, 3.63) is 34.3 Å². The normalized spacial score (nSPS) is 11.1. The Labute approximate surface area is 162 Å². The van der Waals surface area contributed by atoms with Crippen molar-refractivity contribution in [2.45, 2.75) is 20.8 Å². The molecule has 1 aromatic carbocycles. The number of nitrogens with zero attached hydrogens (tertiary/aromatic N) is 3. The number of aromatic nitrogens is 1. The number of hydrogen-bond acceptors (Lipinski definition) is 5. The molecule has 2 rings (SSSR count). The van der Waals surface area contributed by atoms with Crippen LogP contribution < -0.4 is 4.74 Å². The van der Waals surface area contributed by atoms with Crippen LogP contribution in [-0.4, -0.2) is 61.0 Å². The van der Waals surface area contributed by atoms with Crippen LogP contribution in [0.4, 0.5) is 8.78 Å². The Balaban J connectivity index is 2.23. The molecule has 1 amide bonds. The summed E-state index contributed by atoms with van der Waals surface area (Å²) in [7, 11) is 3.01. The molecule has 1 heterocycles. The minimum atomic E-state index is -0.675. The Morgan fingerprint density at radius 2 is 1.85 bits per heavy atom. The molecular weight excluding hydrogens is 372 g/mol. The summed E-state index contributed by atoms with van der Waals surface area (Å²) in [6.45, 7) is 9.05. The number of rotatable bonds is 8. The van der Waals surface area contributed by atoms with Crippen LogP contribution in [0.25, 0.3) is 10.6 Å². The molecule has 0 aliphatic carbocycles. The second-order valence-electron chi connectivity index (χ2n) is 6.15. The summed E-state index contributed by atoms with van der Waals surface area (Å²) in [5.74, 6) is -1.66. The molecule has 1 aromatic heterocycles. The Kier molecular flexibility index (Phi) is 7.26. The van der Waals surface area contributed by atoms with Gasteiger partial charge in [0.15, 0.2) is 11.6 Å². The van der Waals surface area contributed by atoms with Crippen LogP contribution in [0.1, 0.15) is 29.2 Å². The first-order valence-corrected chi connectivity index (χ1v) is 9.62. The Morgan fingerprint density at radius 3 is 2.44 bits per heavy atom. The second-order valence-corrected chi connectivity index (χ2v) is 7.15. The van der Waals surface area contributed by atoms with Crippen LogP contribution in [0.2, 0.25) is 0 Å². The van der Waals surface area contributed by atoms with Crippen LogP contribution in [0, 0.1) is 18.6 Å². The molecule has 0 spiro atoms. The molecular formula is C19H25F2N3O2S. The maximum atomic E-state index is 14.3. The Bertz CT molecular complexity index is 806. The highest BCUT2D eigenvalue weighted by atomic mass is 32.1. The summed E-state index contributed by atoms with van der Waals surface area (Å²) in [6, 6.07) is 2.03. The zero-order valence-electron chi connectivity index (χ0n) is 16.3. The van der Waals surface area contributed by atoms with E-state index in [1.165, 1.54) is 7.11 Å². The number of carbonyl (C=O) groups is 1. The summed E-state index contributed by atoms with van der Waals surface area (Å²) < 4.78 is 33.1. The third kappa shape index (κ3) is 4.81. The van der Waals surface area contributed by atoms with Gasteiger partial charge < -0.3 is 14.5 Å². The predicted octanol–water partition coefficient (Wildman–Crippen LogP) is 3.82. The molecule has 0 saturated carbocycles. The smallest absolute Gasteiger partial charge is 0.265 e. The van der Waals surface area contributed by atoms with Crippen molar-refractivity contribution in [3.8, 4) is 16.3 Å². The fourth-order valence-electron chi connectivity index (χ4n) is 2.67. The highest BCUT2D eigenvalue weighted by Gasteiger charge is 2.22. The Morgan fingerprint density at radius 1 is 1.19 bits per heavy atom. The number of hydrogen-bond donors (Lipinski definition) is 0. The summed E-state index contributed by atoms with van der Waals surface area (Å²) in [5, 5.41) is 0.270. The molecule has 0 N–H and O–H groups in total. The molecule has 0 fully saturated rings. The molecule has 0 unspecified atom stereocenters. The molecule has 148 valence electrons. The number of methoxy groups -OCH3 is 1. The first-order valence-electron chi connectivity index (χ1n) is 8.80. The van der Waals surface area contributed by atoms with E-state index < -0.39 is 11.6 Å². The van der Waals surface area contributed by atoms with Crippen molar-refractivity contribution >= 4 is 17.2 Å². The van der Waals surface area contributed by atoms with Crippen LogP contribution >= 0.6 is 11.3 Å². The first-order chi connectivity index (χ1) is 12.8. The monoisotopic (exact) mass is 397 g/mol. The standard InChI is InChI=1S/C19H25F2N3O2S/c1-6-24(7-2)9-8-23(4)19(25)17-12(3)22-18(27-17)13-10-15(21)16(26-5)11-14(13)20/h10-11H,6-9H2,1-5H3. The third-order valence-corrected chi connectivity index (χ3v) is 5.63. The molecule has 2 aromatic rings. The second kappa shape index (κ2) is 9.23. The van der Waals surface area contributed by atoms with Gasteiger partial charge in [-0.25, -0.2) is 13.8 Å². The van der Waals surface area contributed by atoms with E-state index in [9.17, 15) is 13.6 Å². The van der Waals surface area contributed by atoms with E-state index in [4.69, 9.17) is 4.74 Å². The van der Waals surface area contributed by atoms with Gasteiger partial charge in [-0.1, -0.05) is 13.8 Å². The van der Waals surface area contributed by atoms with E-state index in [1.807, 2.05) is 0 Å². The van der Waals surface area contributed by atoms with Gasteiger partial charge >= 0.3 is 0 Å². The number of halogens is 2. The molecule has 27 heavy (non-hydrogen) atoms. The largest absolute Gasteiger partial charge is 0.494 e. The zero-order chi connectivity index (χ0) is 20.1. The molecule has 8 heteroatoms. The van der Waals surface area contributed by atoms with E-state index in [-0.39, 0.29) is 22.2 Å². The number of likely N-dealkylation sites (N-methyl/N-ethyl adjacent to an activating group) is 2. The van der Waals surface area contributed by atoms with Gasteiger partial charge in [0.2, 0.25) is 0 Å². The number of amides is 1. The van der Waals surface area contributed by atoms with Gasteiger partial charge in [0.25, 0.3) is 5.91 Å².